The molecule has 0 bridgehead atoms. The maximum absolute atomic E-state index is 11.1. The molecule has 0 heterocycles. The second-order valence-corrected chi connectivity index (χ2v) is 4.73. The summed E-state index contributed by atoms with van der Waals surface area (Å²) < 4.78 is 0. The first-order valence-corrected chi connectivity index (χ1v) is 5.42. The Hall–Kier alpha value is -0.570. The standard InChI is InChI=1S/C11H24N2O/c1-5-6-9(2)7-11(3,4)13-10(14)8-12/h9H,5-8,12H2,1-4H3,(H,13,14). The molecular weight excluding hydrogens is 176 g/mol. The van der Waals surface area contributed by atoms with Gasteiger partial charge < -0.3 is 11.1 Å². The third kappa shape index (κ3) is 5.97. The molecule has 3 N–H and O–H groups in total. The van der Waals surface area contributed by atoms with Gasteiger partial charge in [0, 0.05) is 5.54 Å². The Morgan fingerprint density at radius 2 is 2.07 bits per heavy atom. The van der Waals surface area contributed by atoms with Gasteiger partial charge in [-0.25, -0.2) is 0 Å². The molecule has 1 atom stereocenters. The molecule has 0 aromatic rings. The maximum Gasteiger partial charge on any atom is 0.234 e. The zero-order valence-corrected chi connectivity index (χ0v) is 9.89. The number of nitrogens with two attached hydrogens (primary N) is 1. The van der Waals surface area contributed by atoms with Crippen LogP contribution in [-0.2, 0) is 4.79 Å². The second kappa shape index (κ2) is 6.02. The zero-order valence-electron chi connectivity index (χ0n) is 9.89. The lowest BCUT2D eigenvalue weighted by Crippen LogP contribution is -2.46. The fraction of sp³-hybridized carbons (Fsp3) is 0.909. The molecule has 0 aliphatic heterocycles. The SMILES string of the molecule is CCCC(C)CC(C)(C)NC(=O)CN. The summed E-state index contributed by atoms with van der Waals surface area (Å²) in [7, 11) is 0. The first-order valence-electron chi connectivity index (χ1n) is 5.42. The van der Waals surface area contributed by atoms with Crippen molar-refractivity contribution < 1.29 is 4.79 Å². The highest BCUT2D eigenvalue weighted by Gasteiger charge is 2.21. The van der Waals surface area contributed by atoms with Crippen molar-refractivity contribution in [1.29, 1.82) is 0 Å². The quantitative estimate of drug-likeness (QED) is 0.685. The van der Waals surface area contributed by atoms with E-state index in [0.29, 0.717) is 5.92 Å². The van der Waals surface area contributed by atoms with Gasteiger partial charge in [-0.2, -0.15) is 0 Å². The third-order valence-electron chi connectivity index (χ3n) is 2.30. The van der Waals surface area contributed by atoms with Crippen LogP contribution >= 0.6 is 0 Å². The number of hydrogen-bond donors (Lipinski definition) is 2. The van der Waals surface area contributed by atoms with E-state index in [4.69, 9.17) is 5.73 Å². The van der Waals surface area contributed by atoms with Crippen LogP contribution < -0.4 is 11.1 Å². The van der Waals surface area contributed by atoms with Crippen molar-refractivity contribution in [3.8, 4) is 0 Å². The minimum absolute atomic E-state index is 0.0706. The zero-order chi connectivity index (χ0) is 11.2. The van der Waals surface area contributed by atoms with Crippen LogP contribution in [-0.4, -0.2) is 18.0 Å². The molecule has 0 spiro atoms. The van der Waals surface area contributed by atoms with Crippen molar-refractivity contribution in [1.82, 2.24) is 5.32 Å². The Bertz CT molecular complexity index is 178. The minimum Gasteiger partial charge on any atom is -0.350 e. The van der Waals surface area contributed by atoms with Crippen LogP contribution in [0.1, 0.15) is 47.0 Å². The summed E-state index contributed by atoms with van der Waals surface area (Å²) >= 11 is 0. The van der Waals surface area contributed by atoms with Crippen LogP contribution in [0.2, 0.25) is 0 Å². The predicted molar refractivity (Wildman–Crippen MR) is 60.0 cm³/mol. The first kappa shape index (κ1) is 13.4. The van der Waals surface area contributed by atoms with E-state index in [1.165, 1.54) is 12.8 Å². The van der Waals surface area contributed by atoms with Gasteiger partial charge >= 0.3 is 0 Å². The van der Waals surface area contributed by atoms with E-state index in [9.17, 15) is 4.79 Å². The highest BCUT2D eigenvalue weighted by atomic mass is 16.1. The van der Waals surface area contributed by atoms with E-state index in [2.05, 4.69) is 19.2 Å². The second-order valence-electron chi connectivity index (χ2n) is 4.73. The summed E-state index contributed by atoms with van der Waals surface area (Å²) in [5.74, 6) is 0.576. The number of nitrogens with one attached hydrogen (secondary N) is 1. The molecular formula is C11H24N2O. The van der Waals surface area contributed by atoms with Crippen LogP contribution in [0.5, 0.6) is 0 Å². The molecule has 0 aliphatic rings. The molecule has 3 heteroatoms. The number of carbonyl (C=O) groups is 1. The van der Waals surface area contributed by atoms with E-state index in [0.717, 1.165) is 6.42 Å². The summed E-state index contributed by atoms with van der Waals surface area (Å²) in [4.78, 5) is 11.1. The summed E-state index contributed by atoms with van der Waals surface area (Å²) in [5.41, 5.74) is 5.12. The molecule has 0 rings (SSSR count). The van der Waals surface area contributed by atoms with Crippen LogP contribution in [0.3, 0.4) is 0 Å². The van der Waals surface area contributed by atoms with E-state index >= 15 is 0 Å². The van der Waals surface area contributed by atoms with Crippen molar-refractivity contribution in [2.24, 2.45) is 11.7 Å². The Balaban J connectivity index is 3.99. The number of rotatable bonds is 6. The summed E-state index contributed by atoms with van der Waals surface area (Å²) in [6.07, 6.45) is 3.41. The van der Waals surface area contributed by atoms with Gasteiger partial charge in [0.25, 0.3) is 0 Å². The van der Waals surface area contributed by atoms with Crippen molar-refractivity contribution in [2.75, 3.05) is 6.54 Å². The van der Waals surface area contributed by atoms with Crippen LogP contribution in [0.4, 0.5) is 0 Å². The summed E-state index contributed by atoms with van der Waals surface area (Å²) in [5, 5.41) is 2.93. The maximum atomic E-state index is 11.1. The lowest BCUT2D eigenvalue weighted by atomic mass is 9.89. The molecule has 14 heavy (non-hydrogen) atoms. The molecule has 0 fully saturated rings. The van der Waals surface area contributed by atoms with Crippen molar-refractivity contribution in [3.05, 3.63) is 0 Å². The average Bonchev–Trinajstić information content (AvgIpc) is 2.02. The van der Waals surface area contributed by atoms with Crippen LogP contribution in [0, 0.1) is 5.92 Å². The van der Waals surface area contributed by atoms with Crippen molar-refractivity contribution >= 4 is 5.91 Å². The van der Waals surface area contributed by atoms with Gasteiger partial charge in [-0.3, -0.25) is 4.79 Å². The number of hydrogen-bond acceptors (Lipinski definition) is 2. The number of amides is 1. The molecule has 0 aromatic heterocycles. The lowest BCUT2D eigenvalue weighted by molar-refractivity contribution is -0.121. The monoisotopic (exact) mass is 200 g/mol. The van der Waals surface area contributed by atoms with Crippen LogP contribution in [0.25, 0.3) is 0 Å². The van der Waals surface area contributed by atoms with Crippen LogP contribution in [0.15, 0.2) is 0 Å². The highest BCUT2D eigenvalue weighted by Crippen LogP contribution is 2.19. The van der Waals surface area contributed by atoms with Gasteiger partial charge in [0.1, 0.15) is 0 Å². The molecule has 0 saturated carbocycles. The fourth-order valence-corrected chi connectivity index (χ4v) is 1.95. The molecule has 1 amide bonds. The summed E-state index contributed by atoms with van der Waals surface area (Å²) in [6.45, 7) is 8.58. The molecule has 0 aromatic carbocycles. The van der Waals surface area contributed by atoms with Gasteiger partial charge in [0.2, 0.25) is 5.91 Å². The predicted octanol–water partition coefficient (Wildman–Crippen LogP) is 1.67. The van der Waals surface area contributed by atoms with E-state index in [1.54, 1.807) is 0 Å². The van der Waals surface area contributed by atoms with E-state index < -0.39 is 0 Å². The Morgan fingerprint density at radius 1 is 1.50 bits per heavy atom. The molecule has 0 radical (unpaired) electrons. The smallest absolute Gasteiger partial charge is 0.234 e. The molecule has 0 saturated heterocycles. The molecule has 1 unspecified atom stereocenters. The average molecular weight is 200 g/mol. The first-order chi connectivity index (χ1) is 6.41. The Kier molecular flexibility index (Phi) is 5.77. The van der Waals surface area contributed by atoms with Crippen molar-refractivity contribution in [2.45, 2.75) is 52.5 Å². The third-order valence-corrected chi connectivity index (χ3v) is 2.30. The number of carbonyl (C=O) groups excluding carboxylic acids is 1. The van der Waals surface area contributed by atoms with Gasteiger partial charge in [-0.15, -0.1) is 0 Å². The Labute approximate surface area is 87.4 Å². The Morgan fingerprint density at radius 3 is 2.50 bits per heavy atom. The highest BCUT2D eigenvalue weighted by molar-refractivity contribution is 5.78. The molecule has 3 nitrogen and oxygen atoms in total. The normalized spacial score (nSPS) is 13.8. The van der Waals surface area contributed by atoms with Gasteiger partial charge in [0.05, 0.1) is 6.54 Å². The van der Waals surface area contributed by atoms with E-state index in [1.807, 2.05) is 13.8 Å². The van der Waals surface area contributed by atoms with Gasteiger partial charge in [-0.1, -0.05) is 26.7 Å². The van der Waals surface area contributed by atoms with Gasteiger partial charge in [-0.05, 0) is 26.2 Å². The molecule has 0 aliphatic carbocycles. The van der Waals surface area contributed by atoms with E-state index in [-0.39, 0.29) is 18.0 Å². The fourth-order valence-electron chi connectivity index (χ4n) is 1.95. The van der Waals surface area contributed by atoms with Crippen molar-refractivity contribution in [3.63, 3.8) is 0 Å². The molecule has 84 valence electrons. The lowest BCUT2D eigenvalue weighted by Gasteiger charge is -2.29. The summed E-state index contributed by atoms with van der Waals surface area (Å²) in [6, 6.07) is 0. The minimum atomic E-state index is -0.134. The largest absolute Gasteiger partial charge is 0.350 e. The topological polar surface area (TPSA) is 55.1 Å². The van der Waals surface area contributed by atoms with Gasteiger partial charge in [0.15, 0.2) is 0 Å².